The molecule has 17 N–H and O–H groups in total. The number of phenolic OH excluding ortho intramolecular Hbond substituents is 1. The maximum absolute atomic E-state index is 14.3. The lowest BCUT2D eigenvalue weighted by molar-refractivity contribution is -0.144. The minimum absolute atomic E-state index is 0.00413. The SMILES string of the molecule is C=CC[C@H](NC(=O)C1CCCN1C(=O)[C@@H](NC(=O)[C@H](NC(=O)[C@H](CCC(=O)O)NC(=O)[C@H](CCC(=O)O)NC(C)=O)C(C)C)C(C)C)C(=O)C(=O)NCC(=O)N[C@H](CCSC)C(=O)N[C@H](CO)C(=O)N[C@H](Cc1ccc(O)cc1)C(=O)N[C@H](CO)C(N)=O. The van der Waals surface area contributed by atoms with Gasteiger partial charge in [0.25, 0.3) is 5.91 Å². The van der Waals surface area contributed by atoms with Crippen LogP contribution in [-0.4, -0.2) is 218 Å². The van der Waals surface area contributed by atoms with Crippen molar-refractivity contribution in [1.29, 1.82) is 0 Å². The van der Waals surface area contributed by atoms with Crippen molar-refractivity contribution in [1.82, 2.24) is 58.1 Å². The zero-order valence-electron chi connectivity index (χ0n) is 49.7. The van der Waals surface area contributed by atoms with Gasteiger partial charge in [-0.2, -0.15) is 11.8 Å². The van der Waals surface area contributed by atoms with Crippen LogP contribution >= 0.6 is 11.8 Å². The highest BCUT2D eigenvalue weighted by atomic mass is 32.2. The molecule has 1 saturated heterocycles. The number of nitrogens with zero attached hydrogens (tertiary/aromatic N) is 1. The molecular formula is C55H82N12O20S. The Kier molecular flexibility index (Phi) is 32.3. The van der Waals surface area contributed by atoms with Gasteiger partial charge in [-0.1, -0.05) is 45.9 Å². The molecule has 1 aliphatic heterocycles. The number of nitrogens with two attached hydrogens (primary N) is 1. The first-order valence-electron chi connectivity index (χ1n) is 28.0. The molecule has 0 aliphatic carbocycles. The van der Waals surface area contributed by atoms with E-state index in [1.54, 1.807) is 34.0 Å². The number of hydrogen-bond acceptors (Lipinski definition) is 19. The fraction of sp³-hybridized carbons (Fsp3) is 0.582. The number of phenols is 1. The van der Waals surface area contributed by atoms with Crippen molar-refractivity contribution in [2.24, 2.45) is 17.6 Å². The number of aliphatic hydroxyl groups is 2. The summed E-state index contributed by atoms with van der Waals surface area (Å²) in [5, 5.41) is 71.5. The van der Waals surface area contributed by atoms with Gasteiger partial charge in [-0.05, 0) is 80.1 Å². The maximum Gasteiger partial charge on any atom is 0.303 e. The van der Waals surface area contributed by atoms with Gasteiger partial charge in [0.05, 0.1) is 19.8 Å². The lowest BCUT2D eigenvalue weighted by Gasteiger charge is -2.33. The van der Waals surface area contributed by atoms with E-state index in [0.717, 1.165) is 6.92 Å². The quantitative estimate of drug-likeness (QED) is 0.0216. The van der Waals surface area contributed by atoms with E-state index in [0.29, 0.717) is 5.56 Å². The third-order valence-corrected chi connectivity index (χ3v) is 14.2. The molecule has 1 heterocycles. The van der Waals surface area contributed by atoms with Crippen LogP contribution in [0.4, 0.5) is 0 Å². The fourth-order valence-electron chi connectivity index (χ4n) is 8.73. The number of amides is 12. The van der Waals surface area contributed by atoms with Crippen molar-refractivity contribution in [2.45, 2.75) is 153 Å². The Morgan fingerprint density at radius 1 is 0.636 bits per heavy atom. The number of nitrogens with one attached hydrogen (secondary N) is 10. The Bertz CT molecular complexity index is 2700. The number of carbonyl (C=O) groups excluding carboxylic acids is 13. The van der Waals surface area contributed by atoms with Crippen LogP contribution in [0.25, 0.3) is 0 Å². The van der Waals surface area contributed by atoms with E-state index >= 15 is 0 Å². The van der Waals surface area contributed by atoms with Crippen LogP contribution in [0, 0.1) is 11.8 Å². The topological polar surface area (TPSA) is 507 Å². The number of ketones is 1. The molecule has 1 unspecified atom stereocenters. The van der Waals surface area contributed by atoms with E-state index in [4.69, 9.17) is 10.8 Å². The van der Waals surface area contributed by atoms with Crippen molar-refractivity contribution >= 4 is 100 Å². The van der Waals surface area contributed by atoms with Crippen molar-refractivity contribution in [2.75, 3.05) is 38.3 Å². The largest absolute Gasteiger partial charge is 0.508 e. The predicted octanol–water partition coefficient (Wildman–Crippen LogP) is -5.17. The molecule has 1 aliphatic rings. The first kappa shape index (κ1) is 75.4. The van der Waals surface area contributed by atoms with Gasteiger partial charge in [0.15, 0.2) is 0 Å². The van der Waals surface area contributed by atoms with Gasteiger partial charge in [0.1, 0.15) is 66.2 Å². The summed E-state index contributed by atoms with van der Waals surface area (Å²) in [5.74, 6) is -16.8. The van der Waals surface area contributed by atoms with Gasteiger partial charge in [0.2, 0.25) is 70.8 Å². The summed E-state index contributed by atoms with van der Waals surface area (Å²) >= 11 is 1.27. The van der Waals surface area contributed by atoms with Crippen LogP contribution in [0.1, 0.15) is 91.5 Å². The minimum atomic E-state index is -1.74. The molecule has 2 rings (SSSR count). The zero-order chi connectivity index (χ0) is 66.5. The molecule has 0 bridgehead atoms. The molecule has 0 spiro atoms. The Labute approximate surface area is 511 Å². The maximum atomic E-state index is 14.3. The number of aromatic hydroxyl groups is 1. The molecule has 12 amide bonds. The van der Waals surface area contributed by atoms with Gasteiger partial charge in [-0.25, -0.2) is 0 Å². The summed E-state index contributed by atoms with van der Waals surface area (Å²) in [6.45, 7) is 8.12. The molecule has 0 aromatic heterocycles. The molecule has 88 heavy (non-hydrogen) atoms. The molecule has 1 fully saturated rings. The number of benzene rings is 1. The molecule has 33 heteroatoms. The predicted molar refractivity (Wildman–Crippen MR) is 312 cm³/mol. The van der Waals surface area contributed by atoms with Gasteiger partial charge in [0, 0.05) is 32.7 Å². The zero-order valence-corrected chi connectivity index (χ0v) is 50.5. The summed E-state index contributed by atoms with van der Waals surface area (Å²) in [6, 6.07) is -9.33. The summed E-state index contributed by atoms with van der Waals surface area (Å²) in [6.07, 6.45) is 0.588. The van der Waals surface area contributed by atoms with Gasteiger partial charge >= 0.3 is 11.9 Å². The molecule has 10 atom stereocenters. The third-order valence-electron chi connectivity index (χ3n) is 13.5. The number of carboxylic acids is 2. The number of Topliss-reactive ketones (excluding diaryl/α,β-unsaturated/α-hetero) is 1. The highest BCUT2D eigenvalue weighted by Crippen LogP contribution is 2.22. The first-order valence-corrected chi connectivity index (χ1v) is 29.4. The Morgan fingerprint density at radius 2 is 1.12 bits per heavy atom. The summed E-state index contributed by atoms with van der Waals surface area (Å²) in [4.78, 5) is 197. The molecule has 32 nitrogen and oxygen atoms in total. The van der Waals surface area contributed by atoms with Crippen LogP contribution in [0.15, 0.2) is 36.9 Å². The second-order valence-corrected chi connectivity index (χ2v) is 22.2. The summed E-state index contributed by atoms with van der Waals surface area (Å²) in [7, 11) is 0. The number of likely N-dealkylation sites (tertiary alicyclic amines) is 1. The number of carboxylic acid groups (broad SMARTS) is 2. The fourth-order valence-corrected chi connectivity index (χ4v) is 9.21. The van der Waals surface area contributed by atoms with Crippen molar-refractivity contribution < 1.29 is 97.5 Å². The van der Waals surface area contributed by atoms with Crippen LogP contribution < -0.4 is 58.9 Å². The van der Waals surface area contributed by atoms with Crippen molar-refractivity contribution in [3.63, 3.8) is 0 Å². The third kappa shape index (κ3) is 25.3. The summed E-state index contributed by atoms with van der Waals surface area (Å²) in [5.41, 5.74) is 5.64. The molecule has 488 valence electrons. The number of hydrogen-bond donors (Lipinski definition) is 16. The van der Waals surface area contributed by atoms with Crippen LogP contribution in [0.2, 0.25) is 0 Å². The average Bonchev–Trinajstić information content (AvgIpc) is 3.98. The average molecular weight is 1260 g/mol. The molecule has 1 aromatic rings. The van der Waals surface area contributed by atoms with Crippen molar-refractivity contribution in [3.8, 4) is 5.75 Å². The van der Waals surface area contributed by atoms with E-state index in [-0.39, 0.29) is 56.6 Å². The first-order chi connectivity index (χ1) is 41.4. The monoisotopic (exact) mass is 1260 g/mol. The number of aliphatic hydroxyl groups excluding tert-OH is 2. The highest BCUT2D eigenvalue weighted by molar-refractivity contribution is 7.98. The molecule has 0 saturated carbocycles. The van der Waals surface area contributed by atoms with Gasteiger partial charge in [-0.15, -0.1) is 6.58 Å². The lowest BCUT2D eigenvalue weighted by atomic mass is 9.98. The molecule has 1 aromatic carbocycles. The Balaban J connectivity index is 2.21. The standard InChI is InChI=1S/C55H82N12O20S/c1-8-10-32(45(77)54(86)57-24-40(72)59-35(20-22-88-7)48(80)64-38(26-69)51(83)62-36(23-30-12-14-31(71)15-13-30)50(82)63-37(25-68)46(56)78)60-52(84)39-11-9-21-67(39)55(87)44(28(4)5)66-53(85)43(27(2)3)65-49(81)34(17-19-42(75)76)61-47(79)33(58-29(6)70)16-18-41(73)74/h8,12-15,27-28,32-39,43-44,68-69,71H,1,9-11,16-26H2,2-7H3,(H2,56,78)(H,57,86)(H,58,70)(H,59,72)(H,60,84)(H,61,79)(H,62,83)(H,63,82)(H,64,80)(H,65,81)(H,66,85)(H,73,74)(H,75,76)/t32-,33-,34-,35+,36+,37+,38+,39?,43+,44-/m0/s1. The smallest absolute Gasteiger partial charge is 0.303 e. The highest BCUT2D eigenvalue weighted by Gasteiger charge is 2.42. The Morgan fingerprint density at radius 3 is 1.64 bits per heavy atom. The molecule has 0 radical (unpaired) electrons. The van der Waals surface area contributed by atoms with E-state index in [9.17, 15) is 92.3 Å². The minimum Gasteiger partial charge on any atom is -0.508 e. The number of thioether (sulfide) groups is 1. The second-order valence-electron chi connectivity index (χ2n) is 21.2. The summed E-state index contributed by atoms with van der Waals surface area (Å²) < 4.78 is 0. The van der Waals surface area contributed by atoms with Gasteiger partial charge < -0.3 is 89.3 Å². The van der Waals surface area contributed by atoms with Crippen LogP contribution in [-0.2, 0) is 78.3 Å². The second kappa shape index (κ2) is 37.8. The normalized spacial score (nSPS) is 15.8. The number of aliphatic carboxylic acids is 2. The van der Waals surface area contributed by atoms with Crippen LogP contribution in [0.5, 0.6) is 5.75 Å². The van der Waals surface area contributed by atoms with E-state index < -0.39 is 200 Å². The number of primary amides is 1. The number of carbonyl (C=O) groups is 15. The lowest BCUT2D eigenvalue weighted by Crippen LogP contribution is -2.61. The van der Waals surface area contributed by atoms with E-state index in [1.165, 1.54) is 47.0 Å². The van der Waals surface area contributed by atoms with Crippen LogP contribution in [0.3, 0.4) is 0 Å². The van der Waals surface area contributed by atoms with Gasteiger partial charge in [-0.3, -0.25) is 71.9 Å². The number of rotatable bonds is 39. The molecular weight excluding hydrogens is 1180 g/mol. The van der Waals surface area contributed by atoms with E-state index in [1.807, 2.05) is 0 Å². The van der Waals surface area contributed by atoms with Crippen molar-refractivity contribution in [3.05, 3.63) is 42.5 Å². The van der Waals surface area contributed by atoms with E-state index in [2.05, 4.69) is 59.7 Å². The Hall–Kier alpha value is -8.72.